The first-order chi connectivity index (χ1) is 24.2. The van der Waals surface area contributed by atoms with Crippen LogP contribution in [0.4, 0.5) is 0 Å². The summed E-state index contributed by atoms with van der Waals surface area (Å²) in [6.07, 6.45) is 1.69. The number of ether oxygens (including phenoxy) is 2. The summed E-state index contributed by atoms with van der Waals surface area (Å²) >= 11 is 5.88. The maximum Gasteiger partial charge on any atom is 0.513 e. The van der Waals surface area contributed by atoms with Crippen molar-refractivity contribution in [3.63, 3.8) is 0 Å². The number of aliphatic hydroxyl groups excluding tert-OH is 1. The van der Waals surface area contributed by atoms with Gasteiger partial charge in [-0.05, 0) is 93.5 Å². The molecule has 0 saturated carbocycles. The number of aromatic nitrogens is 1. The molecule has 0 amide bonds. The Labute approximate surface area is 312 Å². The summed E-state index contributed by atoms with van der Waals surface area (Å²) in [5, 5.41) is 13.6. The van der Waals surface area contributed by atoms with Gasteiger partial charge in [-0.3, -0.25) is 19.1 Å². The number of carbonyl (C=O) groups is 2. The summed E-state index contributed by atoms with van der Waals surface area (Å²) in [6, 6.07) is 16.8. The van der Waals surface area contributed by atoms with E-state index in [1.54, 1.807) is 117 Å². The minimum absolute atomic E-state index is 0.133. The Balaban J connectivity index is 0.000000477. The van der Waals surface area contributed by atoms with Gasteiger partial charge in [0, 0.05) is 18.4 Å². The minimum atomic E-state index is -3.99. The fraction of sp³-hybridized carbons (Fsp3) is 0.457. The van der Waals surface area contributed by atoms with Crippen molar-refractivity contribution in [1.29, 1.82) is 0 Å². The number of nitrogens with zero attached hydrogens (tertiary/aromatic N) is 1. The molecule has 2 aromatic carbocycles. The molecule has 0 radical (unpaired) electrons. The first kappa shape index (κ1) is 46.5. The zero-order valence-corrected chi connectivity index (χ0v) is 33.8. The Hall–Kier alpha value is -3.48. The SMILES string of the molecule is CC(C)O.CC(C)OC(=O)[C@H](C)N[P@@](=O)(Oc1ccccc1)OC(C)C.CC(C)OC(=O)[C@H](C)N[P@](=O)(Oc1ccccc1)Oc1cncc(Cl)c1. The van der Waals surface area contributed by atoms with Gasteiger partial charge in [-0.1, -0.05) is 48.0 Å². The maximum atomic E-state index is 13.2. The van der Waals surface area contributed by atoms with E-state index in [0.29, 0.717) is 16.5 Å². The van der Waals surface area contributed by atoms with E-state index in [0.717, 1.165) is 0 Å². The molecular weight excluding hydrogens is 736 g/mol. The molecule has 52 heavy (non-hydrogen) atoms. The van der Waals surface area contributed by atoms with Crippen LogP contribution in [0, 0.1) is 0 Å². The average molecular weight is 788 g/mol. The molecule has 14 nitrogen and oxygen atoms in total. The maximum absolute atomic E-state index is 13.2. The third-order valence-corrected chi connectivity index (χ3v) is 8.97. The molecule has 3 rings (SSSR count). The highest BCUT2D eigenvalue weighted by Gasteiger charge is 2.35. The van der Waals surface area contributed by atoms with Crippen molar-refractivity contribution in [2.75, 3.05) is 0 Å². The van der Waals surface area contributed by atoms with E-state index < -0.39 is 39.5 Å². The van der Waals surface area contributed by atoms with Crippen LogP contribution in [-0.4, -0.2) is 58.5 Å². The molecule has 0 aliphatic heterocycles. The van der Waals surface area contributed by atoms with E-state index in [2.05, 4.69) is 15.2 Å². The summed E-state index contributed by atoms with van der Waals surface area (Å²) in [7, 11) is -7.69. The molecule has 3 N–H and O–H groups in total. The smallest absolute Gasteiger partial charge is 0.462 e. The molecular formula is C35H52ClN3O11P2. The first-order valence-electron chi connectivity index (χ1n) is 16.5. The molecule has 0 bridgehead atoms. The Morgan fingerprint density at radius 2 is 1.02 bits per heavy atom. The van der Waals surface area contributed by atoms with Gasteiger partial charge in [0.2, 0.25) is 0 Å². The molecule has 1 aromatic heterocycles. The summed E-state index contributed by atoms with van der Waals surface area (Å²) in [5.41, 5.74) is 0. The van der Waals surface area contributed by atoms with Crippen molar-refractivity contribution in [3.05, 3.63) is 84.1 Å². The molecule has 0 aliphatic rings. The molecule has 4 atom stereocenters. The topological polar surface area (TPSA) is 181 Å². The fourth-order valence-corrected chi connectivity index (χ4v) is 6.85. The minimum Gasteiger partial charge on any atom is -0.462 e. The number of hydrogen-bond donors (Lipinski definition) is 3. The number of pyridine rings is 1. The molecule has 1 heterocycles. The lowest BCUT2D eigenvalue weighted by atomic mass is 10.3. The van der Waals surface area contributed by atoms with Crippen molar-refractivity contribution in [1.82, 2.24) is 15.2 Å². The lowest BCUT2D eigenvalue weighted by Gasteiger charge is -2.24. The fourth-order valence-electron chi connectivity index (χ4n) is 3.50. The Kier molecular flexibility index (Phi) is 20.8. The summed E-state index contributed by atoms with van der Waals surface area (Å²) < 4.78 is 58.1. The van der Waals surface area contributed by atoms with Crippen LogP contribution in [0.5, 0.6) is 17.2 Å². The van der Waals surface area contributed by atoms with Crippen LogP contribution in [0.15, 0.2) is 79.1 Å². The van der Waals surface area contributed by atoms with Gasteiger partial charge in [-0.2, -0.15) is 10.2 Å². The third kappa shape index (κ3) is 20.5. The van der Waals surface area contributed by atoms with Gasteiger partial charge in [-0.25, -0.2) is 9.13 Å². The number of para-hydroxylation sites is 2. The molecule has 3 aromatic rings. The van der Waals surface area contributed by atoms with Crippen LogP contribution in [0.1, 0.15) is 69.2 Å². The summed E-state index contributed by atoms with van der Waals surface area (Å²) in [6.45, 7) is 16.9. The van der Waals surface area contributed by atoms with E-state index in [9.17, 15) is 18.7 Å². The molecule has 0 unspecified atom stereocenters. The second kappa shape index (κ2) is 23.2. The number of hydrogen-bond acceptors (Lipinski definition) is 12. The van der Waals surface area contributed by atoms with Crippen LogP contribution < -0.4 is 23.7 Å². The number of carbonyl (C=O) groups excluding carboxylic acids is 2. The van der Waals surface area contributed by atoms with E-state index in [1.165, 1.54) is 25.4 Å². The van der Waals surface area contributed by atoms with Crippen LogP contribution in [-0.2, 0) is 32.7 Å². The van der Waals surface area contributed by atoms with Crippen LogP contribution in [0.3, 0.4) is 0 Å². The summed E-state index contributed by atoms with van der Waals surface area (Å²) in [4.78, 5) is 27.8. The number of aliphatic hydroxyl groups is 1. The van der Waals surface area contributed by atoms with Gasteiger partial charge >= 0.3 is 27.4 Å². The van der Waals surface area contributed by atoms with Gasteiger partial charge in [0.1, 0.15) is 23.6 Å². The number of nitrogens with one attached hydrogen (secondary N) is 2. The normalized spacial score (nSPS) is 14.4. The van der Waals surface area contributed by atoms with Crippen LogP contribution >= 0.6 is 27.1 Å². The summed E-state index contributed by atoms with van der Waals surface area (Å²) in [5.74, 6) is -0.260. The van der Waals surface area contributed by atoms with Gasteiger partial charge in [0.15, 0.2) is 5.75 Å². The van der Waals surface area contributed by atoms with Crippen LogP contribution in [0.25, 0.3) is 0 Å². The highest BCUT2D eigenvalue weighted by Crippen LogP contribution is 2.46. The van der Waals surface area contributed by atoms with Gasteiger partial charge in [-0.15, -0.1) is 0 Å². The Morgan fingerprint density at radius 3 is 1.40 bits per heavy atom. The number of esters is 2. The molecule has 290 valence electrons. The molecule has 0 aliphatic carbocycles. The predicted octanol–water partition coefficient (Wildman–Crippen LogP) is 8.15. The monoisotopic (exact) mass is 787 g/mol. The second-order valence-electron chi connectivity index (χ2n) is 12.2. The Bertz CT molecular complexity index is 1580. The van der Waals surface area contributed by atoms with Gasteiger partial charge < -0.3 is 28.2 Å². The quantitative estimate of drug-likeness (QED) is 0.0935. The first-order valence-corrected chi connectivity index (χ1v) is 20.0. The highest BCUT2D eigenvalue weighted by atomic mass is 35.5. The van der Waals surface area contributed by atoms with E-state index in [1.807, 2.05) is 6.07 Å². The molecule has 17 heteroatoms. The third-order valence-electron chi connectivity index (χ3n) is 5.31. The molecule has 0 saturated heterocycles. The largest absolute Gasteiger partial charge is 0.513 e. The second-order valence-corrected chi connectivity index (χ2v) is 15.9. The number of benzene rings is 2. The van der Waals surface area contributed by atoms with Gasteiger partial charge in [0.25, 0.3) is 0 Å². The standard InChI is InChI=1S/C17H20ClN2O5P.C15H24NO5P.C3H8O/c1-12(2)23-17(21)13(3)20-26(22,24-15-7-5-4-6-8-15)25-16-9-14(18)10-19-11-16;1-11(2)19-15(17)13(5)16-22(18,20-12(3)4)21-14-9-7-6-8-10-14;1-3(2)4/h4-13H,1-3H3,(H,20,22);6-13H,1-5H3,(H,16,18);3-4H,1-2H3/t13-,26-;13-,22-;/m00./s1. The molecule has 0 spiro atoms. The average Bonchev–Trinajstić information content (AvgIpc) is 3.00. The Morgan fingerprint density at radius 1 is 0.635 bits per heavy atom. The predicted molar refractivity (Wildman–Crippen MR) is 200 cm³/mol. The van der Waals surface area contributed by atoms with Crippen molar-refractivity contribution < 1.29 is 51.4 Å². The van der Waals surface area contributed by atoms with Crippen molar-refractivity contribution >= 4 is 39.0 Å². The van der Waals surface area contributed by atoms with Crippen LogP contribution in [0.2, 0.25) is 5.02 Å². The van der Waals surface area contributed by atoms with Crippen molar-refractivity contribution in [2.24, 2.45) is 0 Å². The van der Waals surface area contributed by atoms with E-state index in [4.69, 9.17) is 44.3 Å². The highest BCUT2D eigenvalue weighted by molar-refractivity contribution is 7.52. The number of halogens is 1. The van der Waals surface area contributed by atoms with Gasteiger partial charge in [0.05, 0.1) is 29.5 Å². The zero-order valence-electron chi connectivity index (χ0n) is 31.2. The molecule has 0 fully saturated rings. The lowest BCUT2D eigenvalue weighted by Crippen LogP contribution is -2.36. The van der Waals surface area contributed by atoms with Crippen molar-refractivity contribution in [3.8, 4) is 17.2 Å². The van der Waals surface area contributed by atoms with E-state index >= 15 is 0 Å². The van der Waals surface area contributed by atoms with E-state index in [-0.39, 0.29) is 30.2 Å². The zero-order chi connectivity index (χ0) is 39.5. The number of rotatable bonds is 16. The lowest BCUT2D eigenvalue weighted by molar-refractivity contribution is -0.150. The van der Waals surface area contributed by atoms with Crippen molar-refractivity contribution in [2.45, 2.75) is 106 Å².